The highest BCUT2D eigenvalue weighted by atomic mass is 16.5. The van der Waals surface area contributed by atoms with E-state index in [2.05, 4.69) is 53.4 Å². The quantitative estimate of drug-likeness (QED) is 0.0248. The van der Waals surface area contributed by atoms with E-state index in [0.717, 1.165) is 98.6 Å². The van der Waals surface area contributed by atoms with E-state index in [0.29, 0.717) is 100 Å². The maximum absolute atomic E-state index is 13.9. The molecule has 2 saturated heterocycles. The normalized spacial score (nSPS) is 17.9. The Bertz CT molecular complexity index is 2840. The molecular formula is C58H72N10O10. The molecule has 78 heavy (non-hydrogen) atoms. The van der Waals surface area contributed by atoms with Gasteiger partial charge >= 0.3 is 0 Å². The zero-order chi connectivity index (χ0) is 54.1. The number of rotatable bonds is 28. The summed E-state index contributed by atoms with van der Waals surface area (Å²) in [7, 11) is 2.12. The van der Waals surface area contributed by atoms with Crippen LogP contribution in [0.15, 0.2) is 85.2 Å². The SMILES string of the molecule is CN1CCC(Nc2cccc(C(=O)N[C@@H]3CCOc4ccc(OCCCCCCOCCOCCOCCCCCC(=O)Nc5cccc6c5CN(C5CCC(=O)NC5=O)C6=O)cc43)c2)(c2nnc(-c3ccncc3)[nH]2)CC1. The number of imide groups is 1. The van der Waals surface area contributed by atoms with Gasteiger partial charge in [0.1, 0.15) is 17.5 Å². The minimum atomic E-state index is -0.708. The molecule has 20 heteroatoms. The average Bonchev–Trinajstić information content (AvgIpc) is 4.19. The third kappa shape index (κ3) is 14.6. The lowest BCUT2D eigenvalue weighted by Crippen LogP contribution is -2.52. The predicted molar refractivity (Wildman–Crippen MR) is 291 cm³/mol. The monoisotopic (exact) mass is 1070 g/mol. The molecule has 414 valence electrons. The van der Waals surface area contributed by atoms with Gasteiger partial charge in [-0.25, -0.2) is 0 Å². The summed E-state index contributed by atoms with van der Waals surface area (Å²) in [6.07, 6.45) is 12.8. The van der Waals surface area contributed by atoms with Crippen LogP contribution in [0.1, 0.15) is 127 Å². The number of amides is 5. The van der Waals surface area contributed by atoms with Crippen molar-refractivity contribution >= 4 is 40.9 Å². The first-order valence-corrected chi connectivity index (χ1v) is 27.5. The van der Waals surface area contributed by atoms with Gasteiger partial charge < -0.3 is 54.4 Å². The number of hydrogen-bond acceptors (Lipinski definition) is 15. The molecular weight excluding hydrogens is 997 g/mol. The van der Waals surface area contributed by atoms with Gasteiger partial charge in [-0.1, -0.05) is 25.0 Å². The number of hydrogen-bond donors (Lipinski definition) is 5. The molecule has 0 spiro atoms. The van der Waals surface area contributed by atoms with E-state index in [1.54, 1.807) is 30.6 Å². The molecule has 1 unspecified atom stereocenters. The second-order valence-electron chi connectivity index (χ2n) is 20.4. The van der Waals surface area contributed by atoms with Crippen LogP contribution in [0.4, 0.5) is 11.4 Å². The Balaban J connectivity index is 0.596. The zero-order valence-electron chi connectivity index (χ0n) is 44.5. The molecule has 0 saturated carbocycles. The highest BCUT2D eigenvalue weighted by Crippen LogP contribution is 2.38. The van der Waals surface area contributed by atoms with Crippen molar-refractivity contribution < 1.29 is 47.7 Å². The van der Waals surface area contributed by atoms with Crippen LogP contribution in [0.2, 0.25) is 0 Å². The smallest absolute Gasteiger partial charge is 0.255 e. The molecule has 0 bridgehead atoms. The number of fused-ring (bicyclic) bond motifs is 2. The number of nitrogens with one attached hydrogen (secondary N) is 5. The molecule has 0 radical (unpaired) electrons. The molecule has 20 nitrogen and oxygen atoms in total. The first-order valence-electron chi connectivity index (χ1n) is 27.5. The van der Waals surface area contributed by atoms with Crippen LogP contribution in [-0.2, 0) is 40.7 Å². The van der Waals surface area contributed by atoms with Crippen molar-refractivity contribution in [1.82, 2.24) is 40.6 Å². The Labute approximate surface area is 455 Å². The molecule has 5 N–H and O–H groups in total. The van der Waals surface area contributed by atoms with E-state index in [-0.39, 0.29) is 49.1 Å². The first kappa shape index (κ1) is 55.5. The van der Waals surface area contributed by atoms with Gasteiger partial charge in [-0.15, -0.1) is 10.2 Å². The summed E-state index contributed by atoms with van der Waals surface area (Å²) in [4.78, 5) is 75.1. The largest absolute Gasteiger partial charge is 0.494 e. The molecule has 2 aromatic heterocycles. The Morgan fingerprint density at radius 1 is 0.795 bits per heavy atom. The van der Waals surface area contributed by atoms with Gasteiger partial charge in [0, 0.05) is 104 Å². The molecule has 4 aliphatic heterocycles. The highest BCUT2D eigenvalue weighted by molar-refractivity contribution is 6.07. The van der Waals surface area contributed by atoms with Gasteiger partial charge in [0.05, 0.1) is 51.2 Å². The molecule has 5 amide bonds. The van der Waals surface area contributed by atoms with E-state index >= 15 is 0 Å². The molecule has 9 rings (SSSR count). The minimum absolute atomic E-state index is 0.137. The number of aromatic nitrogens is 4. The number of H-pyrrole nitrogens is 1. The Hall–Kier alpha value is -7.26. The summed E-state index contributed by atoms with van der Waals surface area (Å²) < 4.78 is 29.3. The summed E-state index contributed by atoms with van der Waals surface area (Å²) in [6.45, 7) is 6.30. The highest BCUT2D eigenvalue weighted by Gasteiger charge is 2.41. The van der Waals surface area contributed by atoms with E-state index in [1.807, 2.05) is 54.6 Å². The van der Waals surface area contributed by atoms with E-state index in [4.69, 9.17) is 23.7 Å². The predicted octanol–water partition coefficient (Wildman–Crippen LogP) is 7.10. The molecule has 4 aliphatic rings. The number of unbranched alkanes of at least 4 members (excludes halogenated alkanes) is 5. The number of anilines is 2. The lowest BCUT2D eigenvalue weighted by molar-refractivity contribution is -0.137. The summed E-state index contributed by atoms with van der Waals surface area (Å²) in [5.41, 5.74) is 4.43. The Morgan fingerprint density at radius 2 is 1.53 bits per heavy atom. The zero-order valence-corrected chi connectivity index (χ0v) is 44.5. The molecule has 5 aromatic rings. The standard InChI is InChI=1S/C58H72N10O10/c1-67-27-23-58(24-28-67,57-63-53(65-66-57)40-20-25-59-26-21-40)64-42-12-9-11-41(37-42)54(71)61-48-22-32-78-50-18-16-43(38-45(48)50)77-31-8-3-2-6-29-74-33-35-76-36-34-75-30-7-4-5-15-51(69)60-47-14-10-13-44-46(47)39-68(56(44)73)49-17-19-52(70)62-55(49)72/h9-14,16,18,20-21,25-26,37-38,48-49,64H,2-8,15,17,19,22-24,27-36,39H2,1H3,(H,60,69)(H,61,71)(H,62,70,72)(H,63,65,66)/t48-,49?/m1/s1. The Morgan fingerprint density at radius 3 is 2.29 bits per heavy atom. The number of carbonyl (C=O) groups excluding carboxylic acids is 5. The summed E-state index contributed by atoms with van der Waals surface area (Å²) >= 11 is 0. The van der Waals surface area contributed by atoms with Crippen LogP contribution < -0.4 is 30.7 Å². The van der Waals surface area contributed by atoms with E-state index < -0.39 is 17.5 Å². The summed E-state index contributed by atoms with van der Waals surface area (Å²) in [5.74, 6) is 1.58. The topological polar surface area (TPSA) is 241 Å². The fraction of sp³-hybridized carbons (Fsp3) is 0.483. The number of pyridine rings is 1. The molecule has 3 aromatic carbocycles. The van der Waals surface area contributed by atoms with Crippen molar-refractivity contribution in [3.05, 3.63) is 113 Å². The average molecular weight is 1070 g/mol. The van der Waals surface area contributed by atoms with Crippen molar-refractivity contribution in [2.24, 2.45) is 0 Å². The number of ether oxygens (including phenoxy) is 5. The maximum Gasteiger partial charge on any atom is 0.255 e. The van der Waals surface area contributed by atoms with Crippen molar-refractivity contribution in [3.8, 4) is 22.9 Å². The number of piperidine rings is 2. The molecule has 2 fully saturated rings. The lowest BCUT2D eigenvalue weighted by atomic mass is 9.86. The maximum atomic E-state index is 13.9. The third-order valence-corrected chi connectivity index (χ3v) is 14.8. The number of nitrogens with zero attached hydrogens (tertiary/aromatic N) is 5. The van der Waals surface area contributed by atoms with Crippen molar-refractivity contribution in [2.75, 3.05) is 83.6 Å². The number of benzene rings is 3. The number of likely N-dealkylation sites (tertiary alicyclic amines) is 1. The number of aromatic amines is 1. The van der Waals surface area contributed by atoms with Gasteiger partial charge in [0.2, 0.25) is 17.7 Å². The van der Waals surface area contributed by atoms with Gasteiger partial charge in [0.25, 0.3) is 11.8 Å². The van der Waals surface area contributed by atoms with Crippen LogP contribution in [0.25, 0.3) is 11.4 Å². The van der Waals surface area contributed by atoms with Gasteiger partial charge in [-0.3, -0.25) is 34.3 Å². The van der Waals surface area contributed by atoms with E-state index in [9.17, 15) is 24.0 Å². The van der Waals surface area contributed by atoms with Gasteiger partial charge in [-0.05, 0) is 119 Å². The van der Waals surface area contributed by atoms with Crippen molar-refractivity contribution in [3.63, 3.8) is 0 Å². The number of carbonyl (C=O) groups is 5. The fourth-order valence-electron chi connectivity index (χ4n) is 10.4. The summed E-state index contributed by atoms with van der Waals surface area (Å²) in [5, 5.41) is 21.4. The lowest BCUT2D eigenvalue weighted by Gasteiger charge is -2.40. The van der Waals surface area contributed by atoms with Gasteiger partial charge in [-0.2, -0.15) is 0 Å². The molecule has 6 heterocycles. The fourth-order valence-corrected chi connectivity index (χ4v) is 10.4. The Kier molecular flexibility index (Phi) is 19.5. The molecule has 2 atom stereocenters. The van der Waals surface area contributed by atoms with Crippen LogP contribution in [0, 0.1) is 0 Å². The van der Waals surface area contributed by atoms with Gasteiger partial charge in [0.15, 0.2) is 11.6 Å². The minimum Gasteiger partial charge on any atom is -0.494 e. The third-order valence-electron chi connectivity index (χ3n) is 14.8. The van der Waals surface area contributed by atoms with Crippen molar-refractivity contribution in [1.29, 1.82) is 0 Å². The summed E-state index contributed by atoms with van der Waals surface area (Å²) in [6, 6.07) is 21.5. The first-order chi connectivity index (χ1) is 38.1. The van der Waals surface area contributed by atoms with Crippen LogP contribution in [-0.4, -0.2) is 139 Å². The van der Waals surface area contributed by atoms with E-state index in [1.165, 1.54) is 4.90 Å². The van der Waals surface area contributed by atoms with Crippen LogP contribution >= 0.6 is 0 Å². The van der Waals surface area contributed by atoms with Crippen molar-refractivity contribution in [2.45, 2.75) is 108 Å². The van der Waals surface area contributed by atoms with Crippen LogP contribution in [0.5, 0.6) is 11.5 Å². The van der Waals surface area contributed by atoms with Crippen LogP contribution in [0.3, 0.4) is 0 Å². The second-order valence-corrected chi connectivity index (χ2v) is 20.4. The second kappa shape index (κ2) is 27.4. The molecule has 0 aliphatic carbocycles.